The van der Waals surface area contributed by atoms with E-state index in [4.69, 9.17) is 4.74 Å². The van der Waals surface area contributed by atoms with Gasteiger partial charge in [-0.05, 0) is 36.8 Å². The molecule has 2 rings (SSSR count). The van der Waals surface area contributed by atoms with Crippen LogP contribution in [0.2, 0.25) is 0 Å². The van der Waals surface area contributed by atoms with Crippen LogP contribution in [0.25, 0.3) is 0 Å². The number of nitrogens with zero attached hydrogens (tertiary/aromatic N) is 1. The summed E-state index contributed by atoms with van der Waals surface area (Å²) in [4.78, 5) is 5.30. The first-order valence-electron chi connectivity index (χ1n) is 5.65. The van der Waals surface area contributed by atoms with E-state index in [1.165, 1.54) is 11.8 Å². The van der Waals surface area contributed by atoms with Gasteiger partial charge in [-0.2, -0.15) is 0 Å². The maximum Gasteiger partial charge on any atom is 0.132 e. The Morgan fingerprint density at radius 3 is 2.78 bits per heavy atom. The zero-order valence-electron chi connectivity index (χ0n) is 10.3. The van der Waals surface area contributed by atoms with E-state index in [-0.39, 0.29) is 0 Å². The average Bonchev–Trinajstić information content (AvgIpc) is 2.39. The van der Waals surface area contributed by atoms with Crippen LogP contribution in [0.4, 0.5) is 0 Å². The second-order valence-electron chi connectivity index (χ2n) is 3.86. The van der Waals surface area contributed by atoms with Crippen LogP contribution in [0.5, 0.6) is 5.75 Å². The van der Waals surface area contributed by atoms with Crippen molar-refractivity contribution in [3.05, 3.63) is 48.2 Å². The molecule has 4 heteroatoms. The van der Waals surface area contributed by atoms with Crippen LogP contribution in [0.3, 0.4) is 0 Å². The van der Waals surface area contributed by atoms with Gasteiger partial charge in [-0.1, -0.05) is 23.9 Å². The fourth-order valence-electron chi connectivity index (χ4n) is 1.56. The molecule has 3 nitrogen and oxygen atoms in total. The van der Waals surface area contributed by atoms with Gasteiger partial charge in [-0.3, -0.25) is 0 Å². The lowest BCUT2D eigenvalue weighted by Gasteiger charge is -2.09. The highest BCUT2D eigenvalue weighted by Gasteiger charge is 2.07. The summed E-state index contributed by atoms with van der Waals surface area (Å²) in [6.45, 7) is 1.74. The minimum absolute atomic E-state index is 0.481. The zero-order valence-corrected chi connectivity index (χ0v) is 11.1. The van der Waals surface area contributed by atoms with E-state index in [1.807, 2.05) is 36.4 Å². The van der Waals surface area contributed by atoms with Crippen molar-refractivity contribution in [3.63, 3.8) is 0 Å². The van der Waals surface area contributed by atoms with E-state index in [1.54, 1.807) is 20.2 Å². The van der Waals surface area contributed by atoms with Gasteiger partial charge in [0.2, 0.25) is 0 Å². The number of aliphatic hydroxyl groups is 1. The van der Waals surface area contributed by atoms with Crippen LogP contribution in [-0.4, -0.2) is 17.2 Å². The highest BCUT2D eigenvalue weighted by Crippen LogP contribution is 2.34. The zero-order chi connectivity index (χ0) is 13.0. The Morgan fingerprint density at radius 1 is 1.28 bits per heavy atom. The van der Waals surface area contributed by atoms with Crippen molar-refractivity contribution in [2.75, 3.05) is 7.11 Å². The minimum atomic E-state index is -0.481. The van der Waals surface area contributed by atoms with Gasteiger partial charge in [0.05, 0.1) is 18.1 Å². The number of para-hydroxylation sites is 1. The van der Waals surface area contributed by atoms with Crippen LogP contribution >= 0.6 is 11.8 Å². The molecule has 0 saturated heterocycles. The molecule has 1 N–H and O–H groups in total. The van der Waals surface area contributed by atoms with Crippen molar-refractivity contribution >= 4 is 11.8 Å². The predicted molar refractivity (Wildman–Crippen MR) is 72.0 cm³/mol. The van der Waals surface area contributed by atoms with E-state index in [0.717, 1.165) is 21.2 Å². The van der Waals surface area contributed by atoms with Gasteiger partial charge in [0.15, 0.2) is 0 Å². The SMILES string of the molecule is COc1ccccc1Sc1cc([C@H](C)O)ccn1. The monoisotopic (exact) mass is 261 g/mol. The molecule has 0 radical (unpaired) electrons. The Balaban J connectivity index is 2.25. The molecule has 0 aliphatic carbocycles. The summed E-state index contributed by atoms with van der Waals surface area (Å²) in [6, 6.07) is 11.5. The van der Waals surface area contributed by atoms with E-state index in [0.29, 0.717) is 0 Å². The average molecular weight is 261 g/mol. The molecule has 0 bridgehead atoms. The molecule has 0 spiro atoms. The summed E-state index contributed by atoms with van der Waals surface area (Å²) in [6.07, 6.45) is 1.23. The quantitative estimate of drug-likeness (QED) is 0.917. The first-order chi connectivity index (χ1) is 8.70. The van der Waals surface area contributed by atoms with Gasteiger partial charge in [0.25, 0.3) is 0 Å². The summed E-state index contributed by atoms with van der Waals surface area (Å²) in [5, 5.41) is 10.4. The van der Waals surface area contributed by atoms with Gasteiger partial charge in [0, 0.05) is 6.20 Å². The topological polar surface area (TPSA) is 42.4 Å². The normalized spacial score (nSPS) is 12.2. The molecule has 18 heavy (non-hydrogen) atoms. The molecule has 94 valence electrons. The van der Waals surface area contributed by atoms with Crippen molar-refractivity contribution in [1.82, 2.24) is 4.98 Å². The van der Waals surface area contributed by atoms with E-state index >= 15 is 0 Å². The summed E-state index contributed by atoms with van der Waals surface area (Å²) in [5.74, 6) is 0.826. The van der Waals surface area contributed by atoms with Crippen LogP contribution in [0.15, 0.2) is 52.5 Å². The second kappa shape index (κ2) is 5.89. The Morgan fingerprint density at radius 2 is 2.06 bits per heavy atom. The fourth-order valence-corrected chi connectivity index (χ4v) is 2.49. The van der Waals surface area contributed by atoms with Crippen molar-refractivity contribution < 1.29 is 9.84 Å². The number of aliphatic hydroxyl groups excluding tert-OH is 1. The lowest BCUT2D eigenvalue weighted by atomic mass is 10.2. The van der Waals surface area contributed by atoms with E-state index < -0.39 is 6.10 Å². The summed E-state index contributed by atoms with van der Waals surface area (Å²) >= 11 is 1.52. The van der Waals surface area contributed by atoms with Gasteiger partial charge in [-0.15, -0.1) is 0 Å². The largest absolute Gasteiger partial charge is 0.496 e. The smallest absolute Gasteiger partial charge is 0.132 e. The molecule has 1 atom stereocenters. The minimum Gasteiger partial charge on any atom is -0.496 e. The number of benzene rings is 1. The maximum absolute atomic E-state index is 9.55. The number of rotatable bonds is 4. The summed E-state index contributed by atoms with van der Waals surface area (Å²) < 4.78 is 5.30. The van der Waals surface area contributed by atoms with Crippen molar-refractivity contribution in [3.8, 4) is 5.75 Å². The highest BCUT2D eigenvalue weighted by atomic mass is 32.2. The molecular formula is C14H15NO2S. The Bertz CT molecular complexity index is 529. The van der Waals surface area contributed by atoms with E-state index in [9.17, 15) is 5.11 Å². The Labute approximate surface area is 111 Å². The van der Waals surface area contributed by atoms with Crippen molar-refractivity contribution in [2.45, 2.75) is 22.9 Å². The summed E-state index contributed by atoms with van der Waals surface area (Å²) in [5.41, 5.74) is 0.863. The van der Waals surface area contributed by atoms with Crippen molar-refractivity contribution in [1.29, 1.82) is 0 Å². The second-order valence-corrected chi connectivity index (χ2v) is 4.92. The molecule has 0 amide bonds. The molecule has 1 aromatic heterocycles. The number of hydrogen-bond donors (Lipinski definition) is 1. The predicted octanol–water partition coefficient (Wildman–Crippen LogP) is 3.29. The van der Waals surface area contributed by atoms with Crippen LogP contribution in [-0.2, 0) is 0 Å². The number of aromatic nitrogens is 1. The molecule has 0 fully saturated rings. The van der Waals surface area contributed by atoms with Crippen LogP contribution in [0.1, 0.15) is 18.6 Å². The molecule has 0 saturated carbocycles. The molecule has 0 unspecified atom stereocenters. The van der Waals surface area contributed by atoms with Gasteiger partial charge >= 0.3 is 0 Å². The third-order valence-electron chi connectivity index (χ3n) is 2.52. The number of hydrogen-bond acceptors (Lipinski definition) is 4. The highest BCUT2D eigenvalue weighted by molar-refractivity contribution is 7.99. The molecule has 2 aromatic rings. The number of ether oxygens (including phenoxy) is 1. The first kappa shape index (κ1) is 12.9. The standard InChI is InChI=1S/C14H15NO2S/c1-10(16)11-7-8-15-14(9-11)18-13-6-4-3-5-12(13)17-2/h3-10,16H,1-2H3/t10-/m0/s1. The fraction of sp³-hybridized carbons (Fsp3) is 0.214. The summed E-state index contributed by atoms with van der Waals surface area (Å²) in [7, 11) is 1.65. The number of methoxy groups -OCH3 is 1. The third-order valence-corrected chi connectivity index (χ3v) is 3.51. The molecule has 1 heterocycles. The lowest BCUT2D eigenvalue weighted by molar-refractivity contribution is 0.199. The number of pyridine rings is 1. The maximum atomic E-state index is 9.55. The van der Waals surface area contributed by atoms with Crippen LogP contribution < -0.4 is 4.74 Å². The van der Waals surface area contributed by atoms with E-state index in [2.05, 4.69) is 4.98 Å². The molecular weight excluding hydrogens is 246 g/mol. The first-order valence-corrected chi connectivity index (χ1v) is 6.47. The molecule has 0 aliphatic rings. The van der Waals surface area contributed by atoms with Crippen LogP contribution in [0, 0.1) is 0 Å². The lowest BCUT2D eigenvalue weighted by Crippen LogP contribution is -1.92. The molecule has 0 aliphatic heterocycles. The Kier molecular flexibility index (Phi) is 4.23. The van der Waals surface area contributed by atoms with Gasteiger partial charge < -0.3 is 9.84 Å². The Hall–Kier alpha value is -1.52. The van der Waals surface area contributed by atoms with Gasteiger partial charge in [0.1, 0.15) is 10.8 Å². The third kappa shape index (κ3) is 3.03. The van der Waals surface area contributed by atoms with Gasteiger partial charge in [-0.25, -0.2) is 4.98 Å². The van der Waals surface area contributed by atoms with Crippen molar-refractivity contribution in [2.24, 2.45) is 0 Å². The molecule has 1 aromatic carbocycles.